The summed E-state index contributed by atoms with van der Waals surface area (Å²) in [6, 6.07) is 1.37. The number of rotatable bonds is 1. The summed E-state index contributed by atoms with van der Waals surface area (Å²) < 4.78 is 5.21. The number of carbonyl (C=O) groups excluding carboxylic acids is 1. The average molecular weight is 239 g/mol. The van der Waals surface area contributed by atoms with Crippen molar-refractivity contribution in [1.29, 1.82) is 0 Å². The molecule has 1 aliphatic heterocycles. The van der Waals surface area contributed by atoms with Crippen LogP contribution in [-0.2, 0) is 11.1 Å². The van der Waals surface area contributed by atoms with Crippen molar-refractivity contribution >= 4 is 6.03 Å². The molecule has 0 spiro atoms. The fourth-order valence-corrected chi connectivity index (χ4v) is 1.68. The van der Waals surface area contributed by atoms with E-state index in [-0.39, 0.29) is 18.0 Å². The quantitative estimate of drug-likeness (QED) is 0.758. The van der Waals surface area contributed by atoms with E-state index in [1.54, 1.807) is 6.07 Å². The van der Waals surface area contributed by atoms with E-state index in [1.165, 1.54) is 11.9 Å². The summed E-state index contributed by atoms with van der Waals surface area (Å²) in [5.41, 5.74) is -1.26. The second-order valence-corrected chi connectivity index (χ2v) is 5.36. The van der Waals surface area contributed by atoms with Gasteiger partial charge in [0.25, 0.3) is 0 Å². The molecule has 0 aliphatic carbocycles. The number of β-amino-alcohol motifs (C(OH)–C–C–N with tert-alkyl or cyclic N) is 1. The van der Waals surface area contributed by atoms with E-state index in [4.69, 9.17) is 4.52 Å². The summed E-state index contributed by atoms with van der Waals surface area (Å²) >= 11 is 0. The molecule has 94 valence electrons. The van der Waals surface area contributed by atoms with Crippen molar-refractivity contribution < 1.29 is 14.4 Å². The zero-order chi connectivity index (χ0) is 12.8. The van der Waals surface area contributed by atoms with Crippen LogP contribution in [0.2, 0.25) is 0 Å². The number of hydrogen-bond acceptors (Lipinski definition) is 4. The fourth-order valence-electron chi connectivity index (χ4n) is 1.68. The molecule has 6 heteroatoms. The molecular weight excluding hydrogens is 222 g/mol. The van der Waals surface area contributed by atoms with Crippen LogP contribution in [-0.4, -0.2) is 34.8 Å². The van der Waals surface area contributed by atoms with E-state index in [1.807, 2.05) is 20.8 Å². The molecule has 0 saturated carbocycles. The predicted octanol–water partition coefficient (Wildman–Crippen LogP) is 0.772. The van der Waals surface area contributed by atoms with E-state index in [0.29, 0.717) is 11.5 Å². The van der Waals surface area contributed by atoms with Crippen LogP contribution in [0.1, 0.15) is 32.2 Å². The molecule has 1 aromatic rings. The number of aromatic nitrogens is 1. The second-order valence-electron chi connectivity index (χ2n) is 5.36. The zero-order valence-electron chi connectivity index (χ0n) is 10.4. The van der Waals surface area contributed by atoms with Gasteiger partial charge in [0.05, 0.1) is 6.54 Å². The Morgan fingerprint density at radius 3 is 2.65 bits per heavy atom. The van der Waals surface area contributed by atoms with Crippen LogP contribution in [0.4, 0.5) is 4.79 Å². The van der Waals surface area contributed by atoms with E-state index < -0.39 is 5.72 Å². The van der Waals surface area contributed by atoms with Gasteiger partial charge in [0.2, 0.25) is 5.72 Å². The Morgan fingerprint density at radius 1 is 1.59 bits per heavy atom. The number of aliphatic hydroxyl groups is 1. The van der Waals surface area contributed by atoms with Crippen molar-refractivity contribution in [2.24, 2.45) is 0 Å². The van der Waals surface area contributed by atoms with Gasteiger partial charge >= 0.3 is 6.03 Å². The summed E-state index contributed by atoms with van der Waals surface area (Å²) in [5.74, 6) is 0.675. The predicted molar refractivity (Wildman–Crippen MR) is 60.3 cm³/mol. The van der Waals surface area contributed by atoms with Crippen molar-refractivity contribution in [2.45, 2.75) is 31.9 Å². The van der Waals surface area contributed by atoms with Crippen LogP contribution in [0, 0.1) is 0 Å². The molecule has 17 heavy (non-hydrogen) atoms. The van der Waals surface area contributed by atoms with Gasteiger partial charge in [-0.2, -0.15) is 0 Å². The monoisotopic (exact) mass is 239 g/mol. The van der Waals surface area contributed by atoms with E-state index in [9.17, 15) is 9.90 Å². The van der Waals surface area contributed by atoms with E-state index >= 15 is 0 Å². The molecule has 2 heterocycles. The standard InChI is InChI=1S/C11H17N3O3/c1-10(2,3)8-5-7(13-17-8)11(16)6-12-9(15)14(11)4/h5,16H,6H2,1-4H3,(H,12,15). The lowest BCUT2D eigenvalue weighted by molar-refractivity contribution is -0.0523. The molecule has 1 fully saturated rings. The Kier molecular flexibility index (Phi) is 2.43. The summed E-state index contributed by atoms with van der Waals surface area (Å²) in [6.45, 7) is 6.08. The van der Waals surface area contributed by atoms with Gasteiger partial charge in [-0.1, -0.05) is 25.9 Å². The third-order valence-electron chi connectivity index (χ3n) is 3.01. The second kappa shape index (κ2) is 3.46. The van der Waals surface area contributed by atoms with Crippen molar-refractivity contribution in [3.8, 4) is 0 Å². The summed E-state index contributed by atoms with van der Waals surface area (Å²) in [6.07, 6.45) is 0. The molecule has 1 unspecified atom stereocenters. The SMILES string of the molecule is CN1C(=O)NCC1(O)c1cc(C(C)(C)C)on1. The first-order valence-electron chi connectivity index (χ1n) is 5.47. The maximum atomic E-state index is 11.4. The Bertz CT molecular complexity index is 449. The van der Waals surface area contributed by atoms with Gasteiger partial charge in [-0.15, -0.1) is 0 Å². The molecular formula is C11H17N3O3. The first-order valence-corrected chi connectivity index (χ1v) is 5.47. The topological polar surface area (TPSA) is 78.6 Å². The van der Waals surface area contributed by atoms with Crippen molar-refractivity contribution in [1.82, 2.24) is 15.4 Å². The van der Waals surface area contributed by atoms with Crippen molar-refractivity contribution in [3.63, 3.8) is 0 Å². The highest BCUT2D eigenvalue weighted by molar-refractivity contribution is 5.77. The lowest BCUT2D eigenvalue weighted by Crippen LogP contribution is -2.42. The lowest BCUT2D eigenvalue weighted by atomic mass is 9.92. The number of amides is 2. The van der Waals surface area contributed by atoms with Crippen LogP contribution in [0.25, 0.3) is 0 Å². The molecule has 1 aliphatic rings. The Hall–Kier alpha value is -1.56. The molecule has 2 N–H and O–H groups in total. The first kappa shape index (κ1) is 11.9. The maximum Gasteiger partial charge on any atom is 0.319 e. The van der Waals surface area contributed by atoms with Gasteiger partial charge in [0, 0.05) is 18.5 Å². The Labute approximate surface area is 99.6 Å². The third-order valence-corrected chi connectivity index (χ3v) is 3.01. The van der Waals surface area contributed by atoms with Gasteiger partial charge in [0.15, 0.2) is 0 Å². The number of nitrogens with zero attached hydrogens (tertiary/aromatic N) is 2. The Morgan fingerprint density at radius 2 is 2.24 bits per heavy atom. The van der Waals surface area contributed by atoms with Crippen LogP contribution in [0.15, 0.2) is 10.6 Å². The molecule has 2 amide bonds. The highest BCUT2D eigenvalue weighted by atomic mass is 16.5. The summed E-state index contributed by atoms with van der Waals surface area (Å²) in [7, 11) is 1.52. The maximum absolute atomic E-state index is 11.4. The largest absolute Gasteiger partial charge is 0.364 e. The van der Waals surface area contributed by atoms with Crippen LogP contribution in [0.5, 0.6) is 0 Å². The van der Waals surface area contributed by atoms with Crippen LogP contribution < -0.4 is 5.32 Å². The molecule has 1 saturated heterocycles. The first-order chi connectivity index (χ1) is 7.75. The molecule has 0 bridgehead atoms. The highest BCUT2D eigenvalue weighted by Crippen LogP contribution is 2.31. The van der Waals surface area contributed by atoms with Gasteiger partial charge in [-0.25, -0.2) is 4.79 Å². The average Bonchev–Trinajstić information content (AvgIpc) is 2.80. The number of nitrogens with one attached hydrogen (secondary N) is 1. The minimum absolute atomic E-state index is 0.110. The number of carbonyl (C=O) groups is 1. The summed E-state index contributed by atoms with van der Waals surface area (Å²) in [5, 5.41) is 16.8. The zero-order valence-corrected chi connectivity index (χ0v) is 10.4. The normalized spacial score (nSPS) is 25.2. The molecule has 1 atom stereocenters. The van der Waals surface area contributed by atoms with Gasteiger partial charge < -0.3 is 14.9 Å². The fraction of sp³-hybridized carbons (Fsp3) is 0.636. The minimum atomic E-state index is -1.43. The van der Waals surface area contributed by atoms with Crippen LogP contribution >= 0.6 is 0 Å². The molecule has 0 radical (unpaired) electrons. The van der Waals surface area contributed by atoms with Gasteiger partial charge in [-0.05, 0) is 0 Å². The van der Waals surface area contributed by atoms with Crippen molar-refractivity contribution in [3.05, 3.63) is 17.5 Å². The third kappa shape index (κ3) is 1.78. The van der Waals surface area contributed by atoms with Crippen molar-refractivity contribution in [2.75, 3.05) is 13.6 Å². The molecule has 0 aromatic carbocycles. The number of urea groups is 1. The smallest absolute Gasteiger partial charge is 0.319 e. The lowest BCUT2D eigenvalue weighted by Gasteiger charge is -2.25. The Balaban J connectivity index is 2.35. The summed E-state index contributed by atoms with van der Waals surface area (Å²) in [4.78, 5) is 12.6. The van der Waals surface area contributed by atoms with Gasteiger partial charge in [0.1, 0.15) is 11.5 Å². The van der Waals surface area contributed by atoms with Gasteiger partial charge in [-0.3, -0.25) is 4.90 Å². The van der Waals surface area contributed by atoms with E-state index in [0.717, 1.165) is 0 Å². The molecule has 6 nitrogen and oxygen atoms in total. The minimum Gasteiger partial charge on any atom is -0.364 e. The molecule has 1 aromatic heterocycles. The number of likely N-dealkylation sites (N-methyl/N-ethyl adjacent to an activating group) is 1. The van der Waals surface area contributed by atoms with E-state index in [2.05, 4.69) is 10.5 Å². The van der Waals surface area contributed by atoms with Crippen LogP contribution in [0.3, 0.4) is 0 Å². The molecule has 2 rings (SSSR count). The highest BCUT2D eigenvalue weighted by Gasteiger charge is 2.46. The number of hydrogen-bond donors (Lipinski definition) is 2.